The molecule has 0 unspecified atom stereocenters. The van der Waals surface area contributed by atoms with E-state index in [0.717, 1.165) is 14.9 Å². The smallest absolute Gasteiger partial charge is 0.141 e. The van der Waals surface area contributed by atoms with E-state index in [0.29, 0.717) is 6.61 Å². The summed E-state index contributed by atoms with van der Waals surface area (Å²) in [6, 6.07) is 9.10. The Morgan fingerprint density at radius 3 is 2.62 bits per heavy atom. The predicted molar refractivity (Wildman–Crippen MR) is 67.7 cm³/mol. The molecule has 1 heterocycles. The Balaban J connectivity index is 1.99. The van der Waals surface area contributed by atoms with Crippen LogP contribution in [-0.2, 0) is 6.61 Å². The molecule has 2 aromatic rings. The quantitative estimate of drug-likeness (QED) is 0.805. The third-order valence-electron chi connectivity index (χ3n) is 1.98. The van der Waals surface area contributed by atoms with Crippen molar-refractivity contribution in [2.75, 3.05) is 0 Å². The number of halogens is 2. The first kappa shape index (κ1) is 11.3. The molecule has 0 aliphatic heterocycles. The van der Waals surface area contributed by atoms with E-state index in [1.807, 2.05) is 24.3 Å². The van der Waals surface area contributed by atoms with Gasteiger partial charge in [0.25, 0.3) is 0 Å². The lowest BCUT2D eigenvalue weighted by Gasteiger charge is -2.05. The summed E-state index contributed by atoms with van der Waals surface area (Å²) >= 11 is 2.23. The Morgan fingerprint density at radius 2 is 1.94 bits per heavy atom. The van der Waals surface area contributed by atoms with Gasteiger partial charge in [-0.25, -0.2) is 4.39 Å². The van der Waals surface area contributed by atoms with E-state index in [1.165, 1.54) is 12.3 Å². The second kappa shape index (κ2) is 5.25. The molecule has 0 fully saturated rings. The van der Waals surface area contributed by atoms with Gasteiger partial charge < -0.3 is 4.74 Å². The van der Waals surface area contributed by atoms with Crippen molar-refractivity contribution in [1.82, 2.24) is 4.98 Å². The fourth-order valence-corrected chi connectivity index (χ4v) is 1.59. The van der Waals surface area contributed by atoms with Crippen LogP contribution in [-0.4, -0.2) is 4.98 Å². The number of rotatable bonds is 3. The van der Waals surface area contributed by atoms with Gasteiger partial charge in [0, 0.05) is 15.3 Å². The largest absolute Gasteiger partial charge is 0.489 e. The highest BCUT2D eigenvalue weighted by Gasteiger charge is 1.98. The van der Waals surface area contributed by atoms with Crippen molar-refractivity contribution in [3.8, 4) is 5.75 Å². The van der Waals surface area contributed by atoms with Crippen LogP contribution in [0.5, 0.6) is 5.75 Å². The van der Waals surface area contributed by atoms with Gasteiger partial charge >= 0.3 is 0 Å². The fraction of sp³-hybridized carbons (Fsp3) is 0.0833. The molecule has 1 aromatic heterocycles. The topological polar surface area (TPSA) is 22.1 Å². The average Bonchev–Trinajstić information content (AvgIpc) is 2.28. The maximum absolute atomic E-state index is 12.8. The maximum atomic E-state index is 12.8. The summed E-state index contributed by atoms with van der Waals surface area (Å²) in [5, 5.41) is 0. The zero-order valence-corrected chi connectivity index (χ0v) is 10.5. The zero-order chi connectivity index (χ0) is 11.4. The summed E-state index contributed by atoms with van der Waals surface area (Å²) < 4.78 is 19.5. The first-order chi connectivity index (χ1) is 7.74. The number of benzene rings is 1. The standard InChI is InChI=1S/C12H9FINO/c13-10-5-9(6-15-7-10)8-16-12-3-1-11(14)2-4-12/h1-7H,8H2. The normalized spacial score (nSPS) is 10.1. The summed E-state index contributed by atoms with van der Waals surface area (Å²) in [5.74, 6) is 0.424. The third kappa shape index (κ3) is 3.16. The molecule has 0 aliphatic rings. The van der Waals surface area contributed by atoms with E-state index < -0.39 is 0 Å². The van der Waals surface area contributed by atoms with Crippen molar-refractivity contribution in [3.63, 3.8) is 0 Å². The molecular formula is C12H9FINO. The van der Waals surface area contributed by atoms with Gasteiger partial charge in [-0.3, -0.25) is 4.98 Å². The third-order valence-corrected chi connectivity index (χ3v) is 2.70. The van der Waals surface area contributed by atoms with Crippen molar-refractivity contribution in [2.45, 2.75) is 6.61 Å². The molecule has 0 saturated heterocycles. The van der Waals surface area contributed by atoms with Crippen LogP contribution in [0.4, 0.5) is 4.39 Å². The molecule has 82 valence electrons. The van der Waals surface area contributed by atoms with Gasteiger partial charge in [0.15, 0.2) is 0 Å². The Kier molecular flexibility index (Phi) is 3.71. The summed E-state index contributed by atoms with van der Waals surface area (Å²) in [7, 11) is 0. The number of aromatic nitrogens is 1. The van der Waals surface area contributed by atoms with Crippen LogP contribution in [0.15, 0.2) is 42.7 Å². The number of hydrogen-bond acceptors (Lipinski definition) is 2. The van der Waals surface area contributed by atoms with Gasteiger partial charge in [-0.15, -0.1) is 0 Å². The van der Waals surface area contributed by atoms with Crippen molar-refractivity contribution in [2.24, 2.45) is 0 Å². The summed E-state index contributed by atoms with van der Waals surface area (Å²) in [6.07, 6.45) is 2.77. The van der Waals surface area contributed by atoms with Gasteiger partial charge in [0.2, 0.25) is 0 Å². The zero-order valence-electron chi connectivity index (χ0n) is 8.36. The second-order valence-corrected chi connectivity index (χ2v) is 4.50. The van der Waals surface area contributed by atoms with Crippen LogP contribution in [0.1, 0.15) is 5.56 Å². The Hall–Kier alpha value is -1.17. The van der Waals surface area contributed by atoms with Crippen molar-refractivity contribution in [3.05, 3.63) is 57.7 Å². The van der Waals surface area contributed by atoms with Gasteiger partial charge in [-0.05, 0) is 52.9 Å². The van der Waals surface area contributed by atoms with Crippen LogP contribution in [0.3, 0.4) is 0 Å². The average molecular weight is 329 g/mol. The molecule has 0 aliphatic carbocycles. The van der Waals surface area contributed by atoms with E-state index in [1.54, 1.807) is 6.20 Å². The lowest BCUT2D eigenvalue weighted by Crippen LogP contribution is -1.96. The molecule has 0 saturated carbocycles. The SMILES string of the molecule is Fc1cncc(COc2ccc(I)cc2)c1. The number of hydrogen-bond donors (Lipinski definition) is 0. The van der Waals surface area contributed by atoms with E-state index in [4.69, 9.17) is 4.74 Å². The molecule has 0 spiro atoms. The highest BCUT2D eigenvalue weighted by Crippen LogP contribution is 2.15. The summed E-state index contributed by atoms with van der Waals surface area (Å²) in [4.78, 5) is 3.75. The minimum Gasteiger partial charge on any atom is -0.489 e. The minimum absolute atomic E-state index is 0.325. The molecule has 4 heteroatoms. The van der Waals surface area contributed by atoms with Crippen LogP contribution in [0, 0.1) is 9.39 Å². The molecule has 0 N–H and O–H groups in total. The highest BCUT2D eigenvalue weighted by atomic mass is 127. The Labute approximate surface area is 107 Å². The van der Waals surface area contributed by atoms with Crippen molar-refractivity contribution >= 4 is 22.6 Å². The molecule has 0 bridgehead atoms. The molecular weight excluding hydrogens is 320 g/mol. The molecule has 2 nitrogen and oxygen atoms in total. The Morgan fingerprint density at radius 1 is 1.19 bits per heavy atom. The Bertz CT molecular complexity index is 473. The van der Waals surface area contributed by atoms with E-state index in [2.05, 4.69) is 27.6 Å². The molecule has 0 amide bonds. The maximum Gasteiger partial charge on any atom is 0.141 e. The number of nitrogens with zero attached hydrogens (tertiary/aromatic N) is 1. The van der Waals surface area contributed by atoms with Gasteiger partial charge in [-0.1, -0.05) is 0 Å². The number of pyridine rings is 1. The molecule has 0 radical (unpaired) electrons. The van der Waals surface area contributed by atoms with E-state index in [-0.39, 0.29) is 5.82 Å². The molecule has 2 rings (SSSR count). The molecule has 1 aromatic carbocycles. The summed E-state index contributed by atoms with van der Waals surface area (Å²) in [6.45, 7) is 0.325. The van der Waals surface area contributed by atoms with E-state index in [9.17, 15) is 4.39 Å². The van der Waals surface area contributed by atoms with Crippen LogP contribution in [0.2, 0.25) is 0 Å². The number of ether oxygens (including phenoxy) is 1. The monoisotopic (exact) mass is 329 g/mol. The van der Waals surface area contributed by atoms with Crippen LogP contribution < -0.4 is 4.74 Å². The lowest BCUT2D eigenvalue weighted by molar-refractivity contribution is 0.305. The van der Waals surface area contributed by atoms with E-state index >= 15 is 0 Å². The highest BCUT2D eigenvalue weighted by molar-refractivity contribution is 14.1. The lowest BCUT2D eigenvalue weighted by atomic mass is 10.3. The fourth-order valence-electron chi connectivity index (χ4n) is 1.23. The first-order valence-electron chi connectivity index (χ1n) is 4.72. The second-order valence-electron chi connectivity index (χ2n) is 3.25. The van der Waals surface area contributed by atoms with Crippen LogP contribution in [0.25, 0.3) is 0 Å². The molecule has 16 heavy (non-hydrogen) atoms. The van der Waals surface area contributed by atoms with Crippen molar-refractivity contribution < 1.29 is 9.13 Å². The predicted octanol–water partition coefficient (Wildman–Crippen LogP) is 3.40. The van der Waals surface area contributed by atoms with Gasteiger partial charge in [-0.2, -0.15) is 0 Å². The van der Waals surface area contributed by atoms with Gasteiger partial charge in [0.1, 0.15) is 18.2 Å². The van der Waals surface area contributed by atoms with Crippen LogP contribution >= 0.6 is 22.6 Å². The minimum atomic E-state index is -0.344. The molecule has 0 atom stereocenters. The van der Waals surface area contributed by atoms with Crippen molar-refractivity contribution in [1.29, 1.82) is 0 Å². The van der Waals surface area contributed by atoms with Gasteiger partial charge in [0.05, 0.1) is 6.20 Å². The first-order valence-corrected chi connectivity index (χ1v) is 5.80. The summed E-state index contributed by atoms with van der Waals surface area (Å²) in [5.41, 5.74) is 0.721.